The summed E-state index contributed by atoms with van der Waals surface area (Å²) in [6, 6.07) is 0. The molecule has 0 saturated heterocycles. The Labute approximate surface area is 101 Å². The second kappa shape index (κ2) is 4.48. The van der Waals surface area contributed by atoms with Crippen LogP contribution < -0.4 is 16.8 Å². The SMILES string of the molecule is NC(=O)c1sc(NCC(F)F)c(C2CC2)c1N. The van der Waals surface area contributed by atoms with Crippen molar-refractivity contribution in [1.82, 2.24) is 0 Å². The van der Waals surface area contributed by atoms with Gasteiger partial charge in [0.25, 0.3) is 12.3 Å². The first kappa shape index (κ1) is 12.1. The third kappa shape index (κ3) is 2.49. The average molecular weight is 261 g/mol. The van der Waals surface area contributed by atoms with Gasteiger partial charge in [0.05, 0.1) is 17.2 Å². The Hall–Kier alpha value is -1.37. The summed E-state index contributed by atoms with van der Waals surface area (Å²) in [5, 5.41) is 3.19. The van der Waals surface area contributed by atoms with Crippen molar-refractivity contribution in [2.45, 2.75) is 25.2 Å². The minimum atomic E-state index is -2.44. The summed E-state index contributed by atoms with van der Waals surface area (Å²) >= 11 is 1.06. The van der Waals surface area contributed by atoms with Gasteiger partial charge in [-0.15, -0.1) is 11.3 Å². The number of rotatable bonds is 5. The summed E-state index contributed by atoms with van der Waals surface area (Å²) in [6.45, 7) is -0.447. The Balaban J connectivity index is 2.29. The molecule has 4 nitrogen and oxygen atoms in total. The first-order valence-electron chi connectivity index (χ1n) is 5.24. The Kier molecular flexibility index (Phi) is 3.19. The zero-order valence-corrected chi connectivity index (χ0v) is 9.82. The van der Waals surface area contributed by atoms with Gasteiger partial charge in [0.2, 0.25) is 0 Å². The van der Waals surface area contributed by atoms with E-state index in [1.165, 1.54) is 0 Å². The summed E-state index contributed by atoms with van der Waals surface area (Å²) in [5.74, 6) is -0.334. The summed E-state index contributed by atoms with van der Waals surface area (Å²) in [6.07, 6.45) is -0.493. The number of halogens is 2. The lowest BCUT2D eigenvalue weighted by Crippen LogP contribution is -2.11. The first-order valence-corrected chi connectivity index (χ1v) is 6.06. The number of anilines is 2. The van der Waals surface area contributed by atoms with Gasteiger partial charge < -0.3 is 16.8 Å². The van der Waals surface area contributed by atoms with Crippen LogP contribution in [0.1, 0.15) is 34.0 Å². The molecule has 0 spiro atoms. The highest BCUT2D eigenvalue weighted by atomic mass is 32.1. The number of amides is 1. The van der Waals surface area contributed by atoms with Gasteiger partial charge in [-0.25, -0.2) is 8.78 Å². The third-order valence-electron chi connectivity index (χ3n) is 2.61. The molecule has 5 N–H and O–H groups in total. The number of nitrogen functional groups attached to an aromatic ring is 1. The maximum Gasteiger partial charge on any atom is 0.260 e. The molecule has 1 heterocycles. The summed E-state index contributed by atoms with van der Waals surface area (Å²) in [7, 11) is 0. The molecule has 7 heteroatoms. The van der Waals surface area contributed by atoms with E-state index in [1.54, 1.807) is 0 Å². The monoisotopic (exact) mass is 261 g/mol. The minimum Gasteiger partial charge on any atom is -0.397 e. The normalized spacial score (nSPS) is 15.2. The molecule has 94 valence electrons. The van der Waals surface area contributed by atoms with Crippen molar-refractivity contribution in [3.05, 3.63) is 10.4 Å². The number of alkyl halides is 2. The number of carbonyl (C=O) groups excluding carboxylic acids is 1. The van der Waals surface area contributed by atoms with Crippen LogP contribution in [0.5, 0.6) is 0 Å². The van der Waals surface area contributed by atoms with E-state index in [2.05, 4.69) is 5.32 Å². The van der Waals surface area contributed by atoms with E-state index in [0.717, 1.165) is 29.7 Å². The van der Waals surface area contributed by atoms with Crippen molar-refractivity contribution in [3.63, 3.8) is 0 Å². The van der Waals surface area contributed by atoms with E-state index < -0.39 is 18.9 Å². The molecule has 1 saturated carbocycles. The topological polar surface area (TPSA) is 81.1 Å². The van der Waals surface area contributed by atoms with Crippen LogP contribution in [0.3, 0.4) is 0 Å². The smallest absolute Gasteiger partial charge is 0.260 e. The zero-order valence-electron chi connectivity index (χ0n) is 9.00. The number of nitrogens with one attached hydrogen (secondary N) is 1. The van der Waals surface area contributed by atoms with Gasteiger partial charge in [0, 0.05) is 5.56 Å². The fourth-order valence-corrected chi connectivity index (χ4v) is 2.78. The number of hydrogen-bond acceptors (Lipinski definition) is 4. The Bertz CT molecular complexity index is 443. The molecule has 0 radical (unpaired) electrons. The first-order chi connectivity index (χ1) is 8.00. The lowest BCUT2D eigenvalue weighted by Gasteiger charge is -2.06. The lowest BCUT2D eigenvalue weighted by molar-refractivity contribution is 0.100. The molecular weight excluding hydrogens is 248 g/mol. The molecule has 17 heavy (non-hydrogen) atoms. The summed E-state index contributed by atoms with van der Waals surface area (Å²) in [5.41, 5.74) is 12.2. The van der Waals surface area contributed by atoms with Gasteiger partial charge in [-0.05, 0) is 18.8 Å². The van der Waals surface area contributed by atoms with Crippen LogP contribution in [0, 0.1) is 0 Å². The van der Waals surface area contributed by atoms with E-state index in [-0.39, 0.29) is 10.8 Å². The van der Waals surface area contributed by atoms with Crippen molar-refractivity contribution in [3.8, 4) is 0 Å². The van der Waals surface area contributed by atoms with Crippen LogP contribution in [0.4, 0.5) is 19.5 Å². The van der Waals surface area contributed by atoms with Crippen LogP contribution in [0.15, 0.2) is 0 Å². The maximum absolute atomic E-state index is 12.2. The zero-order chi connectivity index (χ0) is 12.6. The maximum atomic E-state index is 12.2. The summed E-state index contributed by atoms with van der Waals surface area (Å²) in [4.78, 5) is 11.4. The van der Waals surface area contributed by atoms with E-state index in [1.807, 2.05) is 0 Å². The molecule has 1 fully saturated rings. The van der Waals surface area contributed by atoms with E-state index in [0.29, 0.717) is 10.7 Å². The van der Waals surface area contributed by atoms with Gasteiger partial charge in [-0.3, -0.25) is 4.79 Å². The van der Waals surface area contributed by atoms with Crippen molar-refractivity contribution in [2.24, 2.45) is 5.73 Å². The number of thiophene rings is 1. The van der Waals surface area contributed by atoms with Crippen LogP contribution in [0.25, 0.3) is 0 Å². The van der Waals surface area contributed by atoms with Gasteiger partial charge in [-0.2, -0.15) is 0 Å². The lowest BCUT2D eigenvalue weighted by atomic mass is 10.1. The third-order valence-corrected chi connectivity index (χ3v) is 3.80. The predicted molar refractivity (Wildman–Crippen MR) is 63.7 cm³/mol. The molecule has 1 aliphatic carbocycles. The van der Waals surface area contributed by atoms with Crippen LogP contribution in [0.2, 0.25) is 0 Å². The number of hydrogen-bond donors (Lipinski definition) is 3. The minimum absolute atomic E-state index is 0.253. The second-order valence-electron chi connectivity index (χ2n) is 4.00. The highest BCUT2D eigenvalue weighted by molar-refractivity contribution is 7.18. The molecule has 0 atom stereocenters. The van der Waals surface area contributed by atoms with Crippen molar-refractivity contribution in [2.75, 3.05) is 17.6 Å². The highest BCUT2D eigenvalue weighted by Crippen LogP contribution is 2.50. The van der Waals surface area contributed by atoms with E-state index >= 15 is 0 Å². The molecule has 1 aromatic rings. The number of nitrogens with two attached hydrogens (primary N) is 2. The molecule has 0 bridgehead atoms. The van der Waals surface area contributed by atoms with Crippen molar-refractivity contribution in [1.29, 1.82) is 0 Å². The standard InChI is InChI=1S/C10H13F2N3OS/c11-5(12)3-15-10-6(4-1-2-4)7(13)8(17-10)9(14)16/h4-5,15H,1-3,13H2,(H2,14,16). The number of primary amides is 1. The average Bonchev–Trinajstić information content (AvgIpc) is 3.00. The van der Waals surface area contributed by atoms with E-state index in [4.69, 9.17) is 11.5 Å². The molecule has 2 rings (SSSR count). The largest absolute Gasteiger partial charge is 0.397 e. The van der Waals surface area contributed by atoms with Gasteiger partial charge in [0.15, 0.2) is 0 Å². The summed E-state index contributed by atoms with van der Waals surface area (Å²) < 4.78 is 24.3. The van der Waals surface area contributed by atoms with E-state index in [9.17, 15) is 13.6 Å². The Morgan fingerprint density at radius 3 is 2.65 bits per heavy atom. The quantitative estimate of drug-likeness (QED) is 0.758. The molecule has 1 aliphatic rings. The number of carbonyl (C=O) groups is 1. The molecule has 1 aromatic heterocycles. The van der Waals surface area contributed by atoms with Gasteiger partial charge in [-0.1, -0.05) is 0 Å². The van der Waals surface area contributed by atoms with Crippen LogP contribution in [-0.4, -0.2) is 18.9 Å². The van der Waals surface area contributed by atoms with Crippen LogP contribution >= 0.6 is 11.3 Å². The molecule has 0 aliphatic heterocycles. The van der Waals surface area contributed by atoms with Gasteiger partial charge >= 0.3 is 0 Å². The molecule has 0 unspecified atom stereocenters. The predicted octanol–water partition coefficient (Wildman–Crippen LogP) is 1.98. The van der Waals surface area contributed by atoms with Gasteiger partial charge in [0.1, 0.15) is 4.88 Å². The highest BCUT2D eigenvalue weighted by Gasteiger charge is 2.32. The van der Waals surface area contributed by atoms with Crippen molar-refractivity contribution < 1.29 is 13.6 Å². The van der Waals surface area contributed by atoms with Crippen molar-refractivity contribution >= 4 is 27.9 Å². The molecule has 0 aromatic carbocycles. The fraction of sp³-hybridized carbons (Fsp3) is 0.500. The Morgan fingerprint density at radius 1 is 1.53 bits per heavy atom. The Morgan fingerprint density at radius 2 is 2.18 bits per heavy atom. The molecule has 1 amide bonds. The van der Waals surface area contributed by atoms with Crippen LogP contribution in [-0.2, 0) is 0 Å². The fourth-order valence-electron chi connectivity index (χ4n) is 1.72. The molecular formula is C10H13F2N3OS. The second-order valence-corrected chi connectivity index (χ2v) is 5.02.